The van der Waals surface area contributed by atoms with Gasteiger partial charge in [-0.1, -0.05) is 0 Å². The van der Waals surface area contributed by atoms with Crippen LogP contribution in [0.4, 0.5) is 43.9 Å². The zero-order valence-corrected chi connectivity index (χ0v) is 11.1. The van der Waals surface area contributed by atoms with Crippen molar-refractivity contribution in [2.24, 2.45) is 0 Å². The second kappa shape index (κ2) is 5.10. The summed E-state index contributed by atoms with van der Waals surface area (Å²) in [5, 5.41) is 0. The fraction of sp³-hybridized carbons (Fsp3) is 1.00. The zero-order chi connectivity index (χ0) is 17.7. The van der Waals surface area contributed by atoms with Gasteiger partial charge in [-0.05, 0) is 0 Å². The quantitative estimate of drug-likeness (QED) is 0.580. The Morgan fingerprint density at radius 3 is 1.14 bits per heavy atom. The van der Waals surface area contributed by atoms with Crippen LogP contribution in [0.3, 0.4) is 0 Å². The highest BCUT2D eigenvalue weighted by molar-refractivity contribution is 7.70. The third-order valence-electron chi connectivity index (χ3n) is 1.69. The highest BCUT2D eigenvalue weighted by atomic mass is 31.3. The molecule has 16 heteroatoms. The lowest BCUT2D eigenvalue weighted by molar-refractivity contribution is -0.270. The van der Waals surface area contributed by atoms with Gasteiger partial charge in [0.25, 0.3) is 0 Å². The van der Waals surface area contributed by atoms with Crippen LogP contribution in [-0.4, -0.2) is 35.2 Å². The standard InChI is InChI=1S/C5H4F10O4P2/c1-20(16,17)19-21(18,4(12,13)2(6,7)8)5(14,15)3(9,10)11/h1H3,(H,16,17). The minimum Gasteiger partial charge on any atom is -0.324 e. The van der Waals surface area contributed by atoms with Gasteiger partial charge in [0.2, 0.25) is 0 Å². The van der Waals surface area contributed by atoms with E-state index in [1.54, 1.807) is 0 Å². The molecule has 0 aromatic carbocycles. The molecule has 0 spiro atoms. The number of halogens is 10. The number of rotatable bonds is 4. The van der Waals surface area contributed by atoms with Gasteiger partial charge in [-0.3, -0.25) is 9.13 Å². The molecule has 0 rings (SSSR count). The molecule has 0 saturated carbocycles. The molecule has 1 N–H and O–H groups in total. The van der Waals surface area contributed by atoms with Crippen LogP contribution in [0, 0.1) is 0 Å². The van der Waals surface area contributed by atoms with E-state index >= 15 is 0 Å². The molecule has 0 aliphatic heterocycles. The van der Waals surface area contributed by atoms with Crippen LogP contribution in [0.25, 0.3) is 0 Å². The Bertz CT molecular complexity index is 457. The SMILES string of the molecule is CP(=O)(O)OP(=O)(C(F)(F)C(F)(F)F)C(F)(F)C(F)(F)F. The summed E-state index contributed by atoms with van der Waals surface area (Å²) in [5.74, 6) is 0. The molecule has 128 valence electrons. The minimum absolute atomic E-state index is 0.293. The van der Waals surface area contributed by atoms with Gasteiger partial charge in [0.15, 0.2) is 0 Å². The third kappa shape index (κ3) is 3.54. The fourth-order valence-corrected chi connectivity index (χ4v) is 4.37. The average molecular weight is 380 g/mol. The summed E-state index contributed by atoms with van der Waals surface area (Å²) in [7, 11) is -14.3. The lowest BCUT2D eigenvalue weighted by atomic mass is 10.7. The normalized spacial score (nSPS) is 18.5. The molecule has 0 heterocycles. The second-order valence-electron chi connectivity index (χ2n) is 3.51. The Morgan fingerprint density at radius 2 is 1.00 bits per heavy atom. The molecule has 0 aliphatic rings. The van der Waals surface area contributed by atoms with Crippen molar-refractivity contribution < 1.29 is 62.2 Å². The monoisotopic (exact) mass is 380 g/mol. The number of hydrogen-bond acceptors (Lipinski definition) is 3. The smallest absolute Gasteiger partial charge is 0.324 e. The molecule has 0 amide bonds. The minimum atomic E-state index is -8.42. The van der Waals surface area contributed by atoms with Crippen molar-refractivity contribution >= 4 is 15.0 Å². The third-order valence-corrected chi connectivity index (χ3v) is 5.81. The van der Waals surface area contributed by atoms with E-state index in [2.05, 4.69) is 4.31 Å². The molecule has 21 heavy (non-hydrogen) atoms. The first-order valence-corrected chi connectivity index (χ1v) is 7.86. The van der Waals surface area contributed by atoms with Crippen LogP contribution >= 0.6 is 15.0 Å². The van der Waals surface area contributed by atoms with Crippen molar-refractivity contribution in [3.63, 3.8) is 0 Å². The van der Waals surface area contributed by atoms with Gasteiger partial charge >= 0.3 is 38.6 Å². The Kier molecular flexibility index (Phi) is 5.03. The van der Waals surface area contributed by atoms with Crippen LogP contribution in [0.15, 0.2) is 0 Å². The fourth-order valence-electron chi connectivity index (χ4n) is 0.826. The maximum Gasteiger partial charge on any atom is 0.463 e. The molecule has 0 fully saturated rings. The molecular formula is C5H4F10O4P2. The van der Waals surface area contributed by atoms with Gasteiger partial charge in [-0.25, -0.2) is 4.31 Å². The van der Waals surface area contributed by atoms with Gasteiger partial charge in [0.05, 0.1) is 0 Å². The van der Waals surface area contributed by atoms with Gasteiger partial charge in [0, 0.05) is 6.66 Å². The van der Waals surface area contributed by atoms with Crippen molar-refractivity contribution in [1.29, 1.82) is 0 Å². The van der Waals surface area contributed by atoms with Gasteiger partial charge < -0.3 is 4.89 Å². The van der Waals surface area contributed by atoms with E-state index in [1.807, 2.05) is 0 Å². The van der Waals surface area contributed by atoms with Crippen molar-refractivity contribution in [2.45, 2.75) is 23.7 Å². The first-order chi connectivity index (χ1) is 8.71. The van der Waals surface area contributed by atoms with E-state index in [4.69, 9.17) is 4.89 Å². The van der Waals surface area contributed by atoms with Crippen LogP contribution in [0.1, 0.15) is 0 Å². The van der Waals surface area contributed by atoms with Crippen LogP contribution in [-0.2, 0) is 13.4 Å². The van der Waals surface area contributed by atoms with E-state index in [9.17, 15) is 53.0 Å². The molecule has 0 bridgehead atoms. The summed E-state index contributed by atoms with van der Waals surface area (Å²) >= 11 is 0. The molecular weight excluding hydrogens is 376 g/mol. The Balaban J connectivity index is 6.47. The molecule has 0 aliphatic carbocycles. The second-order valence-corrected chi connectivity index (χ2v) is 8.00. The average Bonchev–Trinajstić information content (AvgIpc) is 2.10. The van der Waals surface area contributed by atoms with Crippen molar-refractivity contribution in [1.82, 2.24) is 0 Å². The van der Waals surface area contributed by atoms with Crippen molar-refractivity contribution in [3.8, 4) is 0 Å². The summed E-state index contributed by atoms with van der Waals surface area (Å²) in [6.07, 6.45) is -14.3. The predicted octanol–water partition coefficient (Wildman–Crippen LogP) is 4.41. The first-order valence-electron chi connectivity index (χ1n) is 4.21. The maximum atomic E-state index is 12.8. The van der Waals surface area contributed by atoms with Gasteiger partial charge in [-0.15, -0.1) is 0 Å². The molecule has 0 aromatic rings. The summed E-state index contributed by atoms with van der Waals surface area (Å²) in [5.41, 5.74) is -14.5. The van der Waals surface area contributed by atoms with Crippen molar-refractivity contribution in [3.05, 3.63) is 0 Å². The number of alkyl halides is 10. The summed E-state index contributed by atoms with van der Waals surface area (Å²) in [6.45, 7) is -0.293. The highest BCUT2D eigenvalue weighted by Gasteiger charge is 2.85. The molecule has 0 saturated heterocycles. The zero-order valence-electron chi connectivity index (χ0n) is 9.35. The van der Waals surface area contributed by atoms with Crippen molar-refractivity contribution in [2.75, 3.05) is 6.66 Å². The van der Waals surface area contributed by atoms with E-state index in [0.717, 1.165) is 0 Å². The topological polar surface area (TPSA) is 63.6 Å². The molecule has 1 atom stereocenters. The summed E-state index contributed by atoms with van der Waals surface area (Å²) in [4.78, 5) is 8.37. The summed E-state index contributed by atoms with van der Waals surface area (Å²) in [6, 6.07) is 0. The van der Waals surface area contributed by atoms with E-state index in [0.29, 0.717) is 0 Å². The van der Waals surface area contributed by atoms with Crippen LogP contribution in [0.5, 0.6) is 0 Å². The van der Waals surface area contributed by atoms with E-state index in [-0.39, 0.29) is 6.66 Å². The lowest BCUT2D eigenvalue weighted by Gasteiger charge is -2.34. The van der Waals surface area contributed by atoms with E-state index < -0.39 is 38.6 Å². The Labute approximate surface area is 109 Å². The molecule has 4 nitrogen and oxygen atoms in total. The highest BCUT2D eigenvalue weighted by Crippen LogP contribution is 2.81. The van der Waals surface area contributed by atoms with Gasteiger partial charge in [-0.2, -0.15) is 43.9 Å². The maximum absolute atomic E-state index is 12.8. The molecule has 1 unspecified atom stereocenters. The molecule has 0 aromatic heterocycles. The van der Waals surface area contributed by atoms with E-state index in [1.165, 1.54) is 0 Å². The molecule has 0 radical (unpaired) electrons. The van der Waals surface area contributed by atoms with Crippen LogP contribution < -0.4 is 0 Å². The van der Waals surface area contributed by atoms with Crippen LogP contribution in [0.2, 0.25) is 0 Å². The first kappa shape index (κ1) is 20.7. The number of hydrogen-bond donors (Lipinski definition) is 1. The predicted molar refractivity (Wildman–Crippen MR) is 46.4 cm³/mol. The van der Waals surface area contributed by atoms with Gasteiger partial charge in [0.1, 0.15) is 0 Å². The Hall–Kier alpha value is -0.320. The lowest BCUT2D eigenvalue weighted by Crippen LogP contribution is -2.47. The summed E-state index contributed by atoms with van der Waals surface area (Å²) < 4.78 is 147. The largest absolute Gasteiger partial charge is 0.463 e. The Morgan fingerprint density at radius 1 is 0.762 bits per heavy atom.